The summed E-state index contributed by atoms with van der Waals surface area (Å²) in [6.45, 7) is 6.44. The predicted molar refractivity (Wildman–Crippen MR) is 96.5 cm³/mol. The highest BCUT2D eigenvalue weighted by atomic mass is 35.5. The van der Waals surface area contributed by atoms with Gasteiger partial charge in [-0.2, -0.15) is 0 Å². The highest BCUT2D eigenvalue weighted by Gasteiger charge is 2.27. The predicted octanol–water partition coefficient (Wildman–Crippen LogP) is 4.35. The second-order valence-electron chi connectivity index (χ2n) is 6.30. The number of para-hydroxylation sites is 1. The minimum atomic E-state index is -0.0394. The van der Waals surface area contributed by atoms with Gasteiger partial charge in [-0.15, -0.1) is 0 Å². The maximum absolute atomic E-state index is 12.5. The number of fused-ring (bicyclic) bond motifs is 1. The maximum Gasteiger partial charge on any atom is 0.243 e. The van der Waals surface area contributed by atoms with Gasteiger partial charge in [0.1, 0.15) is 0 Å². The monoisotopic (exact) mass is 328 g/mol. The van der Waals surface area contributed by atoms with Gasteiger partial charge in [0.2, 0.25) is 5.91 Å². The molecule has 2 aromatic carbocycles. The fraction of sp³-hybridized carbons (Fsp3) is 0.316. The number of rotatable bonds is 3. The van der Waals surface area contributed by atoms with Crippen LogP contribution in [0, 0.1) is 13.8 Å². The third-order valence-corrected chi connectivity index (χ3v) is 4.66. The summed E-state index contributed by atoms with van der Waals surface area (Å²) < 4.78 is 0. The van der Waals surface area contributed by atoms with Crippen LogP contribution in [0.25, 0.3) is 0 Å². The summed E-state index contributed by atoms with van der Waals surface area (Å²) in [4.78, 5) is 14.7. The molecule has 0 bridgehead atoms. The number of nitrogens with one attached hydrogen (secondary N) is 1. The van der Waals surface area contributed by atoms with E-state index in [0.29, 0.717) is 23.3 Å². The van der Waals surface area contributed by atoms with Gasteiger partial charge in [-0.3, -0.25) is 4.79 Å². The van der Waals surface area contributed by atoms with Crippen LogP contribution >= 0.6 is 11.6 Å². The number of amides is 1. The van der Waals surface area contributed by atoms with Crippen molar-refractivity contribution in [3.63, 3.8) is 0 Å². The third kappa shape index (κ3) is 3.20. The summed E-state index contributed by atoms with van der Waals surface area (Å²) in [6, 6.07) is 12.5. The first-order valence-electron chi connectivity index (χ1n) is 7.87. The smallest absolute Gasteiger partial charge is 0.243 e. The van der Waals surface area contributed by atoms with Crippen molar-refractivity contribution in [2.45, 2.75) is 33.2 Å². The minimum absolute atomic E-state index is 0.0394. The summed E-state index contributed by atoms with van der Waals surface area (Å²) in [7, 11) is 0. The van der Waals surface area contributed by atoms with Crippen molar-refractivity contribution in [2.75, 3.05) is 16.8 Å². The van der Waals surface area contributed by atoms with Crippen molar-refractivity contribution in [2.24, 2.45) is 0 Å². The van der Waals surface area contributed by atoms with Crippen molar-refractivity contribution in [1.29, 1.82) is 0 Å². The fourth-order valence-electron chi connectivity index (χ4n) is 3.28. The van der Waals surface area contributed by atoms with Gasteiger partial charge in [0.15, 0.2) is 0 Å². The number of benzene rings is 2. The van der Waals surface area contributed by atoms with Crippen molar-refractivity contribution in [3.05, 3.63) is 58.1 Å². The first-order chi connectivity index (χ1) is 11.0. The van der Waals surface area contributed by atoms with E-state index in [1.165, 1.54) is 5.56 Å². The Kier molecular flexibility index (Phi) is 4.31. The van der Waals surface area contributed by atoms with Crippen LogP contribution in [0.1, 0.15) is 23.6 Å². The Balaban J connectivity index is 1.76. The van der Waals surface area contributed by atoms with Crippen molar-refractivity contribution in [1.82, 2.24) is 0 Å². The summed E-state index contributed by atoms with van der Waals surface area (Å²) in [5.41, 5.74) is 5.24. The Morgan fingerprint density at radius 3 is 2.78 bits per heavy atom. The largest absolute Gasteiger partial charge is 0.359 e. The van der Waals surface area contributed by atoms with Crippen LogP contribution in [0.15, 0.2) is 36.4 Å². The van der Waals surface area contributed by atoms with Gasteiger partial charge in [0.05, 0.1) is 17.3 Å². The Morgan fingerprint density at radius 2 is 2.04 bits per heavy atom. The normalized spacial score (nSPS) is 16.3. The molecule has 0 aromatic heterocycles. The quantitative estimate of drug-likeness (QED) is 0.908. The van der Waals surface area contributed by atoms with Crippen LogP contribution in [-0.2, 0) is 11.2 Å². The van der Waals surface area contributed by atoms with Crippen LogP contribution in [0.5, 0.6) is 0 Å². The van der Waals surface area contributed by atoms with Gasteiger partial charge >= 0.3 is 0 Å². The molecule has 120 valence electrons. The molecule has 4 heteroatoms. The molecule has 1 atom stereocenters. The van der Waals surface area contributed by atoms with E-state index in [4.69, 9.17) is 11.6 Å². The zero-order chi connectivity index (χ0) is 16.6. The Labute approximate surface area is 142 Å². The molecule has 1 amide bonds. The number of hydrogen-bond donors (Lipinski definition) is 1. The highest BCUT2D eigenvalue weighted by Crippen LogP contribution is 2.32. The Morgan fingerprint density at radius 1 is 1.30 bits per heavy atom. The van der Waals surface area contributed by atoms with Gasteiger partial charge < -0.3 is 10.2 Å². The number of anilines is 2. The molecule has 0 spiro atoms. The Bertz CT molecular complexity index is 734. The van der Waals surface area contributed by atoms with Gasteiger partial charge in [-0.25, -0.2) is 0 Å². The molecule has 0 fully saturated rings. The van der Waals surface area contributed by atoms with E-state index in [1.807, 2.05) is 38.1 Å². The zero-order valence-electron chi connectivity index (χ0n) is 13.7. The van der Waals surface area contributed by atoms with E-state index < -0.39 is 0 Å². The summed E-state index contributed by atoms with van der Waals surface area (Å²) in [6.07, 6.45) is 0.980. The number of carbonyl (C=O) groups is 1. The highest BCUT2D eigenvalue weighted by molar-refractivity contribution is 6.34. The topological polar surface area (TPSA) is 32.3 Å². The molecule has 0 saturated heterocycles. The van der Waals surface area contributed by atoms with Gasteiger partial charge in [-0.1, -0.05) is 35.9 Å². The van der Waals surface area contributed by atoms with Crippen molar-refractivity contribution < 1.29 is 4.79 Å². The summed E-state index contributed by atoms with van der Waals surface area (Å²) >= 11 is 6.28. The Hall–Kier alpha value is -2.00. The minimum Gasteiger partial charge on any atom is -0.359 e. The van der Waals surface area contributed by atoms with Crippen molar-refractivity contribution >= 4 is 28.9 Å². The van der Waals surface area contributed by atoms with Gasteiger partial charge in [0, 0.05) is 11.7 Å². The molecule has 23 heavy (non-hydrogen) atoms. The first kappa shape index (κ1) is 15.9. The molecule has 0 saturated carbocycles. The van der Waals surface area contributed by atoms with Crippen LogP contribution < -0.4 is 10.2 Å². The molecule has 2 aromatic rings. The lowest BCUT2D eigenvalue weighted by Gasteiger charge is -2.24. The number of carbonyl (C=O) groups excluding carboxylic acids is 1. The second-order valence-corrected chi connectivity index (χ2v) is 6.70. The molecule has 3 rings (SSSR count). The molecule has 1 aliphatic heterocycles. The first-order valence-corrected chi connectivity index (χ1v) is 8.24. The summed E-state index contributed by atoms with van der Waals surface area (Å²) in [5.74, 6) is -0.0394. The van der Waals surface area contributed by atoms with E-state index in [9.17, 15) is 4.79 Å². The number of nitrogens with zero attached hydrogens (tertiary/aromatic N) is 1. The lowest BCUT2D eigenvalue weighted by molar-refractivity contribution is -0.115. The molecule has 1 N–H and O–H groups in total. The van der Waals surface area contributed by atoms with E-state index in [0.717, 1.165) is 23.2 Å². The molecular formula is C19H21ClN2O. The van der Waals surface area contributed by atoms with Crippen LogP contribution in [0.3, 0.4) is 0 Å². The molecule has 1 aliphatic rings. The van der Waals surface area contributed by atoms with Gasteiger partial charge in [0.25, 0.3) is 0 Å². The summed E-state index contributed by atoms with van der Waals surface area (Å²) in [5, 5.41) is 3.56. The number of aryl methyl sites for hydroxylation is 2. The van der Waals surface area contributed by atoms with E-state index in [2.05, 4.69) is 29.3 Å². The second kappa shape index (κ2) is 6.25. The lowest BCUT2D eigenvalue weighted by atomic mass is 10.1. The molecule has 3 nitrogen and oxygen atoms in total. The van der Waals surface area contributed by atoms with Crippen molar-refractivity contribution in [3.8, 4) is 0 Å². The number of hydrogen-bond acceptors (Lipinski definition) is 2. The van der Waals surface area contributed by atoms with E-state index in [-0.39, 0.29) is 5.91 Å². The van der Waals surface area contributed by atoms with Crippen LogP contribution in [0.2, 0.25) is 5.02 Å². The average molecular weight is 329 g/mol. The molecule has 0 radical (unpaired) electrons. The fourth-order valence-corrected chi connectivity index (χ4v) is 3.65. The van der Waals surface area contributed by atoms with Crippen LogP contribution in [-0.4, -0.2) is 18.5 Å². The van der Waals surface area contributed by atoms with E-state index >= 15 is 0 Å². The molecule has 0 aliphatic carbocycles. The molecule has 0 unspecified atom stereocenters. The zero-order valence-corrected chi connectivity index (χ0v) is 14.4. The standard InChI is InChI=1S/C19H21ClN2O/c1-12-8-13(2)19(16(20)9-12)21-18(23)11-22-14(3)10-15-6-4-5-7-17(15)22/h4-9,14H,10-11H2,1-3H3,(H,21,23)/t14-/m1/s1. The molecule has 1 heterocycles. The molecular weight excluding hydrogens is 308 g/mol. The third-order valence-electron chi connectivity index (χ3n) is 4.36. The van der Waals surface area contributed by atoms with E-state index in [1.54, 1.807) is 0 Å². The van der Waals surface area contributed by atoms with Gasteiger partial charge in [-0.05, 0) is 56.0 Å². The SMILES string of the molecule is Cc1cc(C)c(NC(=O)CN2c3ccccc3C[C@H]2C)c(Cl)c1. The number of halogens is 1. The van der Waals surface area contributed by atoms with Crippen LogP contribution in [0.4, 0.5) is 11.4 Å². The maximum atomic E-state index is 12.5. The average Bonchev–Trinajstić information content (AvgIpc) is 2.79. The lowest BCUT2D eigenvalue weighted by Crippen LogP contribution is -2.37.